The molecule has 0 bridgehead atoms. The van der Waals surface area contributed by atoms with Crippen molar-refractivity contribution in [3.63, 3.8) is 0 Å². The molecule has 0 radical (unpaired) electrons. The Labute approximate surface area is 507 Å². The van der Waals surface area contributed by atoms with Crippen molar-refractivity contribution in [1.29, 1.82) is 0 Å². The number of benzene rings is 6. The van der Waals surface area contributed by atoms with Crippen LogP contribution in [0, 0.1) is 35.5 Å². The molecular weight excluding hydrogens is 1150 g/mol. The SMILES string of the molecule is COc1ccc(C#Cc2cc(CN3CCN(Cc4cc(C#Cc5ccc(OC)cc5)cc(P(=O)(O)c5ccccc5)n4)CCN(Cc4cc(C#Cc5ccc(OC)cc5)cc(P(=O)(O)c5ccccc5)n4)CC3)nc(P(=O)(O)c3ccccc3)c2)cc1. The topological polar surface area (TPSA) is 188 Å². The van der Waals surface area contributed by atoms with Crippen LogP contribution in [-0.2, 0) is 33.3 Å². The van der Waals surface area contributed by atoms with Crippen molar-refractivity contribution in [2.24, 2.45) is 0 Å². The lowest BCUT2D eigenvalue weighted by Crippen LogP contribution is -2.36. The summed E-state index contributed by atoms with van der Waals surface area (Å²) in [7, 11) is -7.85. The number of pyridine rings is 3. The second-order valence-electron chi connectivity index (χ2n) is 20.6. The third-order valence-electron chi connectivity index (χ3n) is 14.5. The maximum absolute atomic E-state index is 14.5. The number of hydrogen-bond acceptors (Lipinski definition) is 12. The van der Waals surface area contributed by atoms with Gasteiger partial charge in [-0.25, -0.2) is 15.0 Å². The molecule has 10 rings (SSSR count). The van der Waals surface area contributed by atoms with E-state index in [4.69, 9.17) is 29.2 Å². The molecule has 6 aromatic carbocycles. The number of aromatic nitrogens is 3. The van der Waals surface area contributed by atoms with Crippen LogP contribution in [-0.4, -0.2) is 105 Å². The van der Waals surface area contributed by atoms with Crippen LogP contribution >= 0.6 is 22.1 Å². The third kappa shape index (κ3) is 16.0. The fraction of sp³-hybridized carbons (Fsp3) is 0.174. The zero-order valence-electron chi connectivity index (χ0n) is 48.2. The van der Waals surface area contributed by atoms with Crippen LogP contribution in [0.2, 0.25) is 0 Å². The largest absolute Gasteiger partial charge is 0.497 e. The van der Waals surface area contributed by atoms with Gasteiger partial charge in [-0.2, -0.15) is 0 Å². The van der Waals surface area contributed by atoms with Crippen molar-refractivity contribution in [3.05, 3.63) is 251 Å². The van der Waals surface area contributed by atoms with Gasteiger partial charge >= 0.3 is 0 Å². The molecule has 15 nitrogen and oxygen atoms in total. The molecule has 0 aliphatic carbocycles. The van der Waals surface area contributed by atoms with Crippen molar-refractivity contribution in [1.82, 2.24) is 29.7 Å². The molecule has 1 fully saturated rings. The van der Waals surface area contributed by atoms with Gasteiger partial charge in [0, 0.05) is 108 Å². The van der Waals surface area contributed by atoms with E-state index in [9.17, 15) is 28.4 Å². The Bertz CT molecular complexity index is 3780. The van der Waals surface area contributed by atoms with Gasteiger partial charge in [0.05, 0.1) is 38.4 Å². The highest BCUT2D eigenvalue weighted by Crippen LogP contribution is 2.40. The smallest absolute Gasteiger partial charge is 0.276 e. The van der Waals surface area contributed by atoms with Gasteiger partial charge in [-0.3, -0.25) is 28.4 Å². The minimum atomic E-state index is -4.21. The Kier molecular flexibility index (Phi) is 19.9. The van der Waals surface area contributed by atoms with Gasteiger partial charge in [-0.1, -0.05) is 90.1 Å². The van der Waals surface area contributed by atoms with Crippen LogP contribution < -0.4 is 46.4 Å². The highest BCUT2D eigenvalue weighted by molar-refractivity contribution is 7.74. The Morgan fingerprint density at radius 3 is 0.805 bits per heavy atom. The summed E-state index contributed by atoms with van der Waals surface area (Å²) in [5.41, 5.74) is 5.26. The van der Waals surface area contributed by atoms with Crippen LogP contribution in [0.25, 0.3) is 0 Å². The van der Waals surface area contributed by atoms with Gasteiger partial charge in [0.2, 0.25) is 0 Å². The van der Waals surface area contributed by atoms with Gasteiger partial charge in [0.15, 0.2) is 0 Å². The first-order valence-corrected chi connectivity index (χ1v) is 33.0. The summed E-state index contributed by atoms with van der Waals surface area (Å²) in [4.78, 5) is 57.0. The van der Waals surface area contributed by atoms with Gasteiger partial charge in [0.1, 0.15) is 33.6 Å². The predicted octanol–water partition coefficient (Wildman–Crippen LogP) is 7.58. The molecule has 18 heteroatoms. The lowest BCUT2D eigenvalue weighted by molar-refractivity contribution is 0.207. The lowest BCUT2D eigenvalue weighted by atomic mass is 10.1. The molecule has 3 N–H and O–H groups in total. The minimum absolute atomic E-state index is 0.000184. The molecule has 0 amide bonds. The molecule has 1 aliphatic rings. The second kappa shape index (κ2) is 28.2. The molecule has 3 atom stereocenters. The number of hydrogen-bond donors (Lipinski definition) is 3. The number of ether oxygens (including phenoxy) is 3. The van der Waals surface area contributed by atoms with E-state index in [-0.39, 0.29) is 51.9 Å². The number of methoxy groups -OCH3 is 3. The number of rotatable bonds is 15. The van der Waals surface area contributed by atoms with Crippen LogP contribution in [0.3, 0.4) is 0 Å². The summed E-state index contributed by atoms with van der Waals surface area (Å²) in [5, 5.41) is 0.710. The van der Waals surface area contributed by atoms with Crippen LogP contribution in [0.1, 0.15) is 50.5 Å². The first-order chi connectivity index (χ1) is 42.1. The van der Waals surface area contributed by atoms with Crippen LogP contribution in [0.5, 0.6) is 17.2 Å². The Hall–Kier alpha value is -8.70. The van der Waals surface area contributed by atoms with Gasteiger partial charge in [0.25, 0.3) is 22.1 Å². The fourth-order valence-electron chi connectivity index (χ4n) is 9.73. The van der Waals surface area contributed by atoms with Crippen molar-refractivity contribution >= 4 is 54.3 Å². The van der Waals surface area contributed by atoms with Crippen molar-refractivity contribution in [2.75, 3.05) is 60.6 Å². The highest BCUT2D eigenvalue weighted by Gasteiger charge is 2.31. The van der Waals surface area contributed by atoms with Crippen molar-refractivity contribution in [2.45, 2.75) is 19.6 Å². The molecule has 1 aliphatic heterocycles. The second-order valence-corrected chi connectivity index (χ2v) is 27.0. The first kappa shape index (κ1) is 61.4. The van der Waals surface area contributed by atoms with Crippen molar-refractivity contribution in [3.8, 4) is 52.8 Å². The Balaban J connectivity index is 1.03. The predicted molar refractivity (Wildman–Crippen MR) is 342 cm³/mol. The number of nitrogens with zero attached hydrogens (tertiary/aromatic N) is 6. The maximum atomic E-state index is 14.5. The quantitative estimate of drug-likeness (QED) is 0.0673. The van der Waals surface area contributed by atoms with Gasteiger partial charge < -0.3 is 28.9 Å². The third-order valence-corrected chi connectivity index (χ3v) is 20.1. The summed E-state index contributed by atoms with van der Waals surface area (Å²) < 4.78 is 59.5. The molecule has 0 spiro atoms. The molecule has 438 valence electrons. The maximum Gasteiger partial charge on any atom is 0.276 e. The lowest BCUT2D eigenvalue weighted by Gasteiger charge is -2.26. The fourth-order valence-corrected chi connectivity index (χ4v) is 14.0. The summed E-state index contributed by atoms with van der Waals surface area (Å²) in [6, 6.07) is 57.7. The molecule has 3 aromatic heterocycles. The van der Waals surface area contributed by atoms with E-state index < -0.39 is 22.1 Å². The standard InChI is InChI=1S/C69H63N6O9P3/c1-82-61-31-25-52(26-32-61)19-22-55-43-58(70-67(46-55)85(76,77)64-13-7-4-8-14-64)49-73-37-39-74(50-59-44-56(23-20-53-27-33-62(83-2)34-28-53)47-68(71-59)86(78,79)65-15-9-5-10-16-65)41-42-75(40-38-73)51-60-45-57(24-21-54-29-35-63(84-3)36-30-54)48-69(72-60)87(80,81)66-17-11-6-12-18-66/h4-18,25-36,43-48H,37-42,49-51H2,1-3H3,(H,76,77)(H,78,79)(H,80,81). The average Bonchev–Trinajstić information content (AvgIpc) is 1.80. The Morgan fingerprint density at radius 2 is 0.575 bits per heavy atom. The summed E-state index contributed by atoms with van der Waals surface area (Å²) >= 11 is 0. The zero-order valence-corrected chi connectivity index (χ0v) is 50.9. The van der Waals surface area contributed by atoms with E-state index in [0.717, 1.165) is 16.7 Å². The van der Waals surface area contributed by atoms with Gasteiger partial charge in [-0.15, -0.1) is 0 Å². The minimum Gasteiger partial charge on any atom is -0.497 e. The Morgan fingerprint density at radius 1 is 0.345 bits per heavy atom. The summed E-state index contributed by atoms with van der Waals surface area (Å²) in [6.45, 7) is 3.76. The van der Waals surface area contributed by atoms with E-state index in [1.807, 2.05) is 91.0 Å². The molecule has 4 heterocycles. The highest BCUT2D eigenvalue weighted by atomic mass is 31.2. The molecule has 0 saturated carbocycles. The zero-order chi connectivity index (χ0) is 60.8. The summed E-state index contributed by atoms with van der Waals surface area (Å²) in [5.74, 6) is 21.4. The molecule has 9 aromatic rings. The molecule has 1 saturated heterocycles. The molecule has 3 unspecified atom stereocenters. The van der Waals surface area contributed by atoms with Crippen LogP contribution in [0.4, 0.5) is 0 Å². The summed E-state index contributed by atoms with van der Waals surface area (Å²) in [6.07, 6.45) is 0. The molecular formula is C69H63N6O9P3. The van der Waals surface area contributed by atoms with E-state index in [1.54, 1.807) is 131 Å². The molecule has 87 heavy (non-hydrogen) atoms. The average molecular weight is 1210 g/mol. The van der Waals surface area contributed by atoms with Gasteiger partial charge in [-0.05, 0) is 146 Å². The monoisotopic (exact) mass is 1210 g/mol. The first-order valence-electron chi connectivity index (χ1n) is 28.0. The normalized spacial score (nSPS) is 15.1. The van der Waals surface area contributed by atoms with Crippen molar-refractivity contribution < 1.29 is 42.6 Å². The van der Waals surface area contributed by atoms with E-state index >= 15 is 0 Å². The van der Waals surface area contributed by atoms with E-state index in [0.29, 0.717) is 90.3 Å². The van der Waals surface area contributed by atoms with E-state index in [1.165, 1.54) is 0 Å². The van der Waals surface area contributed by atoms with E-state index in [2.05, 4.69) is 50.2 Å². The van der Waals surface area contributed by atoms with Crippen LogP contribution in [0.15, 0.2) is 200 Å².